The van der Waals surface area contributed by atoms with Gasteiger partial charge in [-0.2, -0.15) is 0 Å². The van der Waals surface area contributed by atoms with E-state index in [-0.39, 0.29) is 18.7 Å². The highest BCUT2D eigenvalue weighted by atomic mass is 16.4. The molecule has 0 aromatic carbocycles. The third-order valence-electron chi connectivity index (χ3n) is 2.12. The smallest absolute Gasteiger partial charge is 0.407 e. The Bertz CT molecular complexity index is 174. The van der Waals surface area contributed by atoms with Crippen LogP contribution in [0.4, 0.5) is 4.79 Å². The van der Waals surface area contributed by atoms with Crippen LogP contribution in [-0.4, -0.2) is 53.0 Å². The van der Waals surface area contributed by atoms with Crippen LogP contribution >= 0.6 is 0 Å². The fourth-order valence-electron chi connectivity index (χ4n) is 1.32. The third kappa shape index (κ3) is 1.86. The Morgan fingerprint density at radius 2 is 2.42 bits per heavy atom. The molecule has 0 aromatic heterocycles. The van der Waals surface area contributed by atoms with Crippen LogP contribution in [0, 0.1) is 0 Å². The SMILES string of the molecule is C[C@@H]1CN[C@@H](CO)CN1C(=O)O. The van der Waals surface area contributed by atoms with E-state index in [0.29, 0.717) is 13.1 Å². The first-order chi connectivity index (χ1) is 5.65. The van der Waals surface area contributed by atoms with Gasteiger partial charge in [-0.25, -0.2) is 4.79 Å². The summed E-state index contributed by atoms with van der Waals surface area (Å²) in [6.07, 6.45) is -0.914. The van der Waals surface area contributed by atoms with E-state index in [9.17, 15) is 4.79 Å². The first-order valence-electron chi connectivity index (χ1n) is 3.99. The van der Waals surface area contributed by atoms with E-state index in [4.69, 9.17) is 10.2 Å². The molecule has 0 unspecified atom stereocenters. The van der Waals surface area contributed by atoms with E-state index >= 15 is 0 Å². The standard InChI is InChI=1S/C7H14N2O3/c1-5-2-8-6(4-10)3-9(5)7(11)12/h5-6,8,10H,2-4H2,1H3,(H,11,12)/t5-,6-/m1/s1. The molecule has 1 fully saturated rings. The van der Waals surface area contributed by atoms with E-state index in [1.165, 1.54) is 4.90 Å². The number of piperazine rings is 1. The summed E-state index contributed by atoms with van der Waals surface area (Å²) in [5.74, 6) is 0. The Morgan fingerprint density at radius 3 is 2.92 bits per heavy atom. The minimum atomic E-state index is -0.914. The fraction of sp³-hybridized carbons (Fsp3) is 0.857. The number of carbonyl (C=O) groups is 1. The zero-order chi connectivity index (χ0) is 9.14. The van der Waals surface area contributed by atoms with Crippen LogP contribution < -0.4 is 5.32 Å². The highest BCUT2D eigenvalue weighted by molar-refractivity contribution is 5.65. The molecule has 1 amide bonds. The topological polar surface area (TPSA) is 72.8 Å². The Hall–Kier alpha value is -0.810. The van der Waals surface area contributed by atoms with E-state index < -0.39 is 6.09 Å². The minimum absolute atomic E-state index is 0.00898. The van der Waals surface area contributed by atoms with Crippen molar-refractivity contribution in [2.24, 2.45) is 0 Å². The quantitative estimate of drug-likeness (QED) is 0.492. The van der Waals surface area contributed by atoms with Gasteiger partial charge in [-0.05, 0) is 6.92 Å². The molecule has 0 bridgehead atoms. The summed E-state index contributed by atoms with van der Waals surface area (Å²) in [4.78, 5) is 12.0. The van der Waals surface area contributed by atoms with Crippen LogP contribution in [0.15, 0.2) is 0 Å². The molecule has 0 radical (unpaired) electrons. The lowest BCUT2D eigenvalue weighted by Gasteiger charge is -2.36. The number of aliphatic hydroxyl groups excluding tert-OH is 1. The van der Waals surface area contributed by atoms with Crippen molar-refractivity contribution in [2.75, 3.05) is 19.7 Å². The summed E-state index contributed by atoms with van der Waals surface area (Å²) in [6.45, 7) is 2.80. The lowest BCUT2D eigenvalue weighted by Crippen LogP contribution is -2.58. The molecule has 0 saturated carbocycles. The van der Waals surface area contributed by atoms with Crippen molar-refractivity contribution in [3.8, 4) is 0 Å². The van der Waals surface area contributed by atoms with Crippen LogP contribution in [0.25, 0.3) is 0 Å². The van der Waals surface area contributed by atoms with Crippen molar-refractivity contribution < 1.29 is 15.0 Å². The highest BCUT2D eigenvalue weighted by Crippen LogP contribution is 2.06. The number of amides is 1. The number of nitrogens with one attached hydrogen (secondary N) is 1. The Labute approximate surface area is 71.0 Å². The van der Waals surface area contributed by atoms with Crippen LogP contribution in [0.1, 0.15) is 6.92 Å². The van der Waals surface area contributed by atoms with Gasteiger partial charge in [-0.3, -0.25) is 0 Å². The van der Waals surface area contributed by atoms with Crippen molar-refractivity contribution in [2.45, 2.75) is 19.0 Å². The Morgan fingerprint density at radius 1 is 1.75 bits per heavy atom. The average Bonchev–Trinajstić information content (AvgIpc) is 2.05. The molecule has 3 N–H and O–H groups in total. The number of nitrogens with zero attached hydrogens (tertiary/aromatic N) is 1. The van der Waals surface area contributed by atoms with Gasteiger partial charge >= 0.3 is 6.09 Å². The molecule has 0 spiro atoms. The maximum Gasteiger partial charge on any atom is 0.407 e. The van der Waals surface area contributed by atoms with Crippen molar-refractivity contribution in [1.82, 2.24) is 10.2 Å². The summed E-state index contributed by atoms with van der Waals surface area (Å²) in [6, 6.07) is -0.123. The molecule has 12 heavy (non-hydrogen) atoms. The van der Waals surface area contributed by atoms with Gasteiger partial charge in [0.1, 0.15) is 0 Å². The van der Waals surface area contributed by atoms with E-state index in [0.717, 1.165) is 0 Å². The Kier molecular flexibility index (Phi) is 2.88. The van der Waals surface area contributed by atoms with Crippen molar-refractivity contribution in [3.05, 3.63) is 0 Å². The molecule has 70 valence electrons. The maximum atomic E-state index is 10.6. The molecule has 2 atom stereocenters. The molecule has 1 rings (SSSR count). The summed E-state index contributed by atoms with van der Waals surface area (Å²) in [5, 5.41) is 20.6. The van der Waals surface area contributed by atoms with E-state index in [1.54, 1.807) is 0 Å². The first kappa shape index (κ1) is 9.28. The summed E-state index contributed by atoms with van der Waals surface area (Å²) in [5.41, 5.74) is 0. The predicted octanol–water partition coefficient (Wildman–Crippen LogP) is -0.681. The normalized spacial score (nSPS) is 30.3. The second-order valence-electron chi connectivity index (χ2n) is 3.07. The molecule has 1 saturated heterocycles. The second kappa shape index (κ2) is 3.73. The molecule has 1 aliphatic heterocycles. The lowest BCUT2D eigenvalue weighted by atomic mass is 10.1. The monoisotopic (exact) mass is 174 g/mol. The van der Waals surface area contributed by atoms with Gasteiger partial charge in [0.2, 0.25) is 0 Å². The number of carboxylic acid groups (broad SMARTS) is 1. The summed E-state index contributed by atoms with van der Waals surface area (Å²) >= 11 is 0. The Balaban J connectivity index is 2.53. The first-order valence-corrected chi connectivity index (χ1v) is 3.99. The number of hydrogen-bond donors (Lipinski definition) is 3. The van der Waals surface area contributed by atoms with Crippen molar-refractivity contribution in [1.29, 1.82) is 0 Å². The number of aliphatic hydroxyl groups is 1. The predicted molar refractivity (Wildman–Crippen MR) is 43.1 cm³/mol. The van der Waals surface area contributed by atoms with Crippen LogP contribution in [0.5, 0.6) is 0 Å². The molecule has 0 aliphatic carbocycles. The molecule has 0 aromatic rings. The largest absolute Gasteiger partial charge is 0.465 e. The molecular weight excluding hydrogens is 160 g/mol. The van der Waals surface area contributed by atoms with E-state index in [1.807, 2.05) is 6.92 Å². The van der Waals surface area contributed by atoms with Gasteiger partial charge < -0.3 is 20.4 Å². The molecule has 5 heteroatoms. The second-order valence-corrected chi connectivity index (χ2v) is 3.07. The van der Waals surface area contributed by atoms with Crippen molar-refractivity contribution >= 4 is 6.09 Å². The molecular formula is C7H14N2O3. The summed E-state index contributed by atoms with van der Waals surface area (Å²) < 4.78 is 0. The van der Waals surface area contributed by atoms with Gasteiger partial charge in [-0.15, -0.1) is 0 Å². The van der Waals surface area contributed by atoms with Crippen LogP contribution in [-0.2, 0) is 0 Å². The van der Waals surface area contributed by atoms with Crippen LogP contribution in [0.3, 0.4) is 0 Å². The van der Waals surface area contributed by atoms with E-state index in [2.05, 4.69) is 5.32 Å². The lowest BCUT2D eigenvalue weighted by molar-refractivity contribution is 0.0904. The van der Waals surface area contributed by atoms with Crippen LogP contribution in [0.2, 0.25) is 0 Å². The minimum Gasteiger partial charge on any atom is -0.465 e. The molecule has 1 aliphatic rings. The highest BCUT2D eigenvalue weighted by Gasteiger charge is 2.27. The number of rotatable bonds is 1. The van der Waals surface area contributed by atoms with Crippen molar-refractivity contribution in [3.63, 3.8) is 0 Å². The van der Waals surface area contributed by atoms with Gasteiger partial charge in [0.05, 0.1) is 6.61 Å². The third-order valence-corrected chi connectivity index (χ3v) is 2.12. The molecule has 5 nitrogen and oxygen atoms in total. The zero-order valence-corrected chi connectivity index (χ0v) is 7.03. The van der Waals surface area contributed by atoms with Gasteiger partial charge in [0, 0.05) is 25.2 Å². The van der Waals surface area contributed by atoms with Gasteiger partial charge in [0.15, 0.2) is 0 Å². The maximum absolute atomic E-state index is 10.6. The van der Waals surface area contributed by atoms with Gasteiger partial charge in [0.25, 0.3) is 0 Å². The summed E-state index contributed by atoms with van der Waals surface area (Å²) in [7, 11) is 0. The molecule has 1 heterocycles. The fourth-order valence-corrected chi connectivity index (χ4v) is 1.32. The average molecular weight is 174 g/mol. The number of hydrogen-bond acceptors (Lipinski definition) is 3. The zero-order valence-electron chi connectivity index (χ0n) is 7.03. The van der Waals surface area contributed by atoms with Gasteiger partial charge in [-0.1, -0.05) is 0 Å².